The third-order valence-electron chi connectivity index (χ3n) is 3.00. The molecule has 0 fully saturated rings. The molecule has 0 spiro atoms. The van der Waals surface area contributed by atoms with Crippen molar-refractivity contribution in [2.45, 2.75) is 26.0 Å². The van der Waals surface area contributed by atoms with Crippen molar-refractivity contribution in [3.05, 3.63) is 22.2 Å². The number of aliphatic hydroxyl groups is 1. The molecule has 1 aliphatic rings. The van der Waals surface area contributed by atoms with Crippen molar-refractivity contribution in [3.63, 3.8) is 0 Å². The molecule has 1 aliphatic heterocycles. The Morgan fingerprint density at radius 3 is 2.82 bits per heavy atom. The van der Waals surface area contributed by atoms with E-state index in [1.54, 1.807) is 0 Å². The van der Waals surface area contributed by atoms with Crippen molar-refractivity contribution in [1.29, 1.82) is 0 Å². The van der Waals surface area contributed by atoms with Gasteiger partial charge in [-0.1, -0.05) is 13.8 Å². The van der Waals surface area contributed by atoms with Crippen LogP contribution in [0.1, 0.15) is 13.8 Å². The van der Waals surface area contributed by atoms with Crippen molar-refractivity contribution in [2.75, 3.05) is 26.4 Å². The second-order valence-corrected chi connectivity index (χ2v) is 5.25. The Morgan fingerprint density at radius 1 is 1.41 bits per heavy atom. The minimum Gasteiger partial charge on any atom is -0.487 e. The highest BCUT2D eigenvalue weighted by atomic mass is 16.6. The van der Waals surface area contributed by atoms with E-state index in [0.29, 0.717) is 25.5 Å². The van der Waals surface area contributed by atoms with Gasteiger partial charge in [0.1, 0.15) is 25.9 Å². The van der Waals surface area contributed by atoms with Crippen molar-refractivity contribution in [1.82, 2.24) is 5.32 Å². The number of nitrogens with zero attached hydrogens (tertiary/aromatic N) is 1. The Labute approximate surface area is 128 Å². The van der Waals surface area contributed by atoms with Crippen LogP contribution in [-0.2, 0) is 0 Å². The monoisotopic (exact) mass is 312 g/mol. The van der Waals surface area contributed by atoms with Gasteiger partial charge in [-0.3, -0.25) is 10.1 Å². The molecule has 2 N–H and O–H groups in total. The lowest BCUT2D eigenvalue weighted by molar-refractivity contribution is -0.385. The maximum absolute atomic E-state index is 10.9. The molecule has 8 nitrogen and oxygen atoms in total. The van der Waals surface area contributed by atoms with Crippen LogP contribution in [0.25, 0.3) is 0 Å². The molecule has 0 bridgehead atoms. The lowest BCUT2D eigenvalue weighted by atomic mass is 10.2. The average Bonchev–Trinajstić information content (AvgIpc) is 2.50. The number of nitro groups is 1. The summed E-state index contributed by atoms with van der Waals surface area (Å²) < 4.78 is 16.3. The predicted molar refractivity (Wildman–Crippen MR) is 78.7 cm³/mol. The summed E-state index contributed by atoms with van der Waals surface area (Å²) in [5.41, 5.74) is -0.144. The molecule has 0 radical (unpaired) electrons. The Kier molecular flexibility index (Phi) is 5.40. The van der Waals surface area contributed by atoms with E-state index in [0.717, 1.165) is 0 Å². The summed E-state index contributed by atoms with van der Waals surface area (Å²) in [5.74, 6) is 0.818. The van der Waals surface area contributed by atoms with Gasteiger partial charge in [0, 0.05) is 12.6 Å². The van der Waals surface area contributed by atoms with Crippen LogP contribution in [0.3, 0.4) is 0 Å². The zero-order valence-corrected chi connectivity index (χ0v) is 12.6. The van der Waals surface area contributed by atoms with Crippen LogP contribution >= 0.6 is 0 Å². The lowest BCUT2D eigenvalue weighted by Crippen LogP contribution is -2.35. The van der Waals surface area contributed by atoms with Gasteiger partial charge in [-0.2, -0.15) is 0 Å². The molecule has 1 heterocycles. The number of hydrogen-bond acceptors (Lipinski definition) is 7. The summed E-state index contributed by atoms with van der Waals surface area (Å²) in [6.45, 7) is 4.97. The van der Waals surface area contributed by atoms with Crippen molar-refractivity contribution in [2.24, 2.45) is 0 Å². The number of ether oxygens (including phenoxy) is 3. The van der Waals surface area contributed by atoms with Crippen molar-refractivity contribution in [3.8, 4) is 17.2 Å². The van der Waals surface area contributed by atoms with Crippen LogP contribution in [0.5, 0.6) is 17.2 Å². The molecule has 0 saturated heterocycles. The second-order valence-electron chi connectivity index (χ2n) is 5.25. The molecule has 1 aromatic carbocycles. The second kappa shape index (κ2) is 7.28. The summed E-state index contributed by atoms with van der Waals surface area (Å²) in [6, 6.07) is 2.82. The normalized spacial score (nSPS) is 14.7. The fraction of sp³-hybridized carbons (Fsp3) is 0.571. The van der Waals surface area contributed by atoms with Gasteiger partial charge in [0.25, 0.3) is 5.69 Å². The molecule has 0 aromatic heterocycles. The van der Waals surface area contributed by atoms with E-state index in [9.17, 15) is 15.2 Å². The first-order chi connectivity index (χ1) is 10.5. The molecule has 122 valence electrons. The number of aliphatic hydroxyl groups excluding tert-OH is 1. The first-order valence-electron chi connectivity index (χ1n) is 7.09. The highest BCUT2D eigenvalue weighted by Crippen LogP contribution is 2.42. The SMILES string of the molecule is CC(C)NC[C@@H](O)COc1cc([N+](=O)[O-])cc2c1OCCO2. The molecule has 0 unspecified atom stereocenters. The Hall–Kier alpha value is -2.06. The summed E-state index contributed by atoms with van der Waals surface area (Å²) >= 11 is 0. The highest BCUT2D eigenvalue weighted by molar-refractivity contribution is 5.58. The Bertz CT molecular complexity index is 534. The maximum atomic E-state index is 10.9. The average molecular weight is 312 g/mol. The van der Waals surface area contributed by atoms with Gasteiger partial charge in [0.2, 0.25) is 5.75 Å². The Morgan fingerprint density at radius 2 is 2.14 bits per heavy atom. The fourth-order valence-electron chi connectivity index (χ4n) is 1.94. The molecular weight excluding hydrogens is 292 g/mol. The van der Waals surface area contributed by atoms with Crippen LogP contribution in [0.15, 0.2) is 12.1 Å². The number of fused-ring (bicyclic) bond motifs is 1. The van der Waals surface area contributed by atoms with Crippen molar-refractivity contribution < 1.29 is 24.2 Å². The first-order valence-corrected chi connectivity index (χ1v) is 7.09. The van der Waals surface area contributed by atoms with Gasteiger partial charge in [-0.05, 0) is 0 Å². The van der Waals surface area contributed by atoms with Crippen LogP contribution in [-0.4, -0.2) is 48.5 Å². The Balaban J connectivity index is 2.08. The van der Waals surface area contributed by atoms with Crippen LogP contribution in [0.4, 0.5) is 5.69 Å². The van der Waals surface area contributed by atoms with E-state index in [1.807, 2.05) is 13.8 Å². The molecule has 2 rings (SSSR count). The van der Waals surface area contributed by atoms with E-state index in [4.69, 9.17) is 14.2 Å². The van der Waals surface area contributed by atoms with Crippen LogP contribution in [0.2, 0.25) is 0 Å². The quantitative estimate of drug-likeness (QED) is 0.574. The van der Waals surface area contributed by atoms with Gasteiger partial charge in [-0.15, -0.1) is 0 Å². The minimum absolute atomic E-state index is 0.00329. The molecule has 1 atom stereocenters. The molecule has 1 aromatic rings. The van der Waals surface area contributed by atoms with Gasteiger partial charge in [-0.25, -0.2) is 0 Å². The van der Waals surface area contributed by atoms with Gasteiger partial charge >= 0.3 is 0 Å². The maximum Gasteiger partial charge on any atom is 0.277 e. The number of hydrogen-bond donors (Lipinski definition) is 2. The smallest absolute Gasteiger partial charge is 0.277 e. The zero-order valence-electron chi connectivity index (χ0n) is 12.6. The minimum atomic E-state index is -0.734. The molecular formula is C14H20N2O6. The van der Waals surface area contributed by atoms with E-state index < -0.39 is 11.0 Å². The molecule has 22 heavy (non-hydrogen) atoms. The highest BCUT2D eigenvalue weighted by Gasteiger charge is 2.23. The summed E-state index contributed by atoms with van der Waals surface area (Å²) in [6.07, 6.45) is -0.734. The van der Waals surface area contributed by atoms with Crippen LogP contribution in [0, 0.1) is 10.1 Å². The molecule has 0 saturated carbocycles. The summed E-state index contributed by atoms with van der Waals surface area (Å²) in [7, 11) is 0. The van der Waals surface area contributed by atoms with Gasteiger partial charge < -0.3 is 24.6 Å². The third-order valence-corrected chi connectivity index (χ3v) is 3.00. The van der Waals surface area contributed by atoms with E-state index in [2.05, 4.69) is 5.32 Å². The van der Waals surface area contributed by atoms with E-state index in [-0.39, 0.29) is 29.8 Å². The fourth-order valence-corrected chi connectivity index (χ4v) is 1.94. The molecule has 0 amide bonds. The van der Waals surface area contributed by atoms with Gasteiger partial charge in [0.05, 0.1) is 17.1 Å². The largest absolute Gasteiger partial charge is 0.487 e. The first kappa shape index (κ1) is 16.3. The predicted octanol–water partition coefficient (Wildman–Crippen LogP) is 1.10. The number of rotatable bonds is 7. The topological polar surface area (TPSA) is 103 Å². The molecule has 0 aliphatic carbocycles. The van der Waals surface area contributed by atoms with Crippen LogP contribution < -0.4 is 19.5 Å². The summed E-state index contributed by atoms with van der Waals surface area (Å²) in [4.78, 5) is 10.4. The zero-order chi connectivity index (χ0) is 16.1. The number of nitrogens with one attached hydrogen (secondary N) is 1. The van der Waals surface area contributed by atoms with Gasteiger partial charge in [0.15, 0.2) is 11.5 Å². The third kappa shape index (κ3) is 4.22. The van der Waals surface area contributed by atoms with Crippen molar-refractivity contribution >= 4 is 5.69 Å². The number of non-ortho nitro benzene ring substituents is 1. The lowest BCUT2D eigenvalue weighted by Gasteiger charge is -2.21. The summed E-state index contributed by atoms with van der Waals surface area (Å²) in [5, 5.41) is 23.9. The standard InChI is InChI=1S/C14H20N2O6/c1-9(2)15-7-11(17)8-22-13-6-10(16(18)19)5-12-14(13)21-4-3-20-12/h5-6,9,11,15,17H,3-4,7-8H2,1-2H3/t11-/m1/s1. The van der Waals surface area contributed by atoms with E-state index >= 15 is 0 Å². The molecule has 8 heteroatoms. The van der Waals surface area contributed by atoms with E-state index in [1.165, 1.54) is 12.1 Å². The number of nitro benzene ring substituents is 1. The number of benzene rings is 1.